The summed E-state index contributed by atoms with van der Waals surface area (Å²) in [4.78, 5) is 24.8. The Morgan fingerprint density at radius 3 is 2.44 bits per heavy atom. The van der Waals surface area contributed by atoms with Crippen LogP contribution >= 0.6 is 11.8 Å². The number of anilines is 1. The first-order valence-electron chi connectivity index (χ1n) is 8.05. The zero-order valence-electron chi connectivity index (χ0n) is 14.9. The van der Waals surface area contributed by atoms with Gasteiger partial charge >= 0.3 is 0 Å². The second kappa shape index (κ2) is 9.58. The van der Waals surface area contributed by atoms with E-state index in [1.54, 1.807) is 17.8 Å². The highest BCUT2D eigenvalue weighted by atomic mass is 32.2. The summed E-state index contributed by atoms with van der Waals surface area (Å²) in [6, 6.07) is 8.10. The highest BCUT2D eigenvalue weighted by Gasteiger charge is 2.22. The van der Waals surface area contributed by atoms with Crippen molar-refractivity contribution in [2.45, 2.75) is 17.4 Å². The maximum Gasteiger partial charge on any atom is 0.287 e. The van der Waals surface area contributed by atoms with Gasteiger partial charge in [-0.2, -0.15) is 11.8 Å². The summed E-state index contributed by atoms with van der Waals surface area (Å²) < 4.78 is 30.7. The lowest BCUT2D eigenvalue weighted by Crippen LogP contribution is -2.44. The lowest BCUT2D eigenvalue weighted by molar-refractivity contribution is -0.118. The highest BCUT2D eigenvalue weighted by Crippen LogP contribution is 2.15. The predicted octanol–water partition coefficient (Wildman–Crippen LogP) is 1.68. The fourth-order valence-electron chi connectivity index (χ4n) is 2.21. The van der Waals surface area contributed by atoms with Gasteiger partial charge in [-0.3, -0.25) is 9.59 Å². The number of furan rings is 1. The van der Waals surface area contributed by atoms with Crippen molar-refractivity contribution in [3.63, 3.8) is 0 Å². The number of hydrogen-bond acceptors (Lipinski definition) is 6. The second-order valence-corrected chi connectivity index (χ2v) is 8.38. The third-order valence-corrected chi connectivity index (χ3v) is 5.75. The molecule has 1 atom stereocenters. The maximum absolute atomic E-state index is 12.6. The number of hydrogen-bond donors (Lipinski definition) is 3. The number of amides is 2. The summed E-state index contributed by atoms with van der Waals surface area (Å²) in [7, 11) is -2.22. The largest absolute Gasteiger partial charge is 0.459 e. The van der Waals surface area contributed by atoms with E-state index in [2.05, 4.69) is 15.4 Å². The van der Waals surface area contributed by atoms with Gasteiger partial charge in [0.05, 0.1) is 11.2 Å². The molecule has 0 fully saturated rings. The number of sulfonamides is 1. The minimum atomic E-state index is -3.55. The smallest absolute Gasteiger partial charge is 0.287 e. The molecule has 0 spiro atoms. The van der Waals surface area contributed by atoms with Gasteiger partial charge in [-0.15, -0.1) is 0 Å². The first kappa shape index (κ1) is 21.0. The maximum atomic E-state index is 12.6. The fourth-order valence-corrected chi connectivity index (χ4v) is 3.41. The molecule has 10 heteroatoms. The number of carbonyl (C=O) groups is 2. The lowest BCUT2D eigenvalue weighted by Gasteiger charge is -2.17. The van der Waals surface area contributed by atoms with E-state index in [1.807, 2.05) is 6.26 Å². The number of nitrogens with one attached hydrogen (secondary N) is 3. The molecule has 0 aliphatic carbocycles. The summed E-state index contributed by atoms with van der Waals surface area (Å²) in [5.41, 5.74) is 0.427. The van der Waals surface area contributed by atoms with Crippen LogP contribution in [0.4, 0.5) is 5.69 Å². The minimum absolute atomic E-state index is 0.0908. The molecule has 0 aliphatic rings. The van der Waals surface area contributed by atoms with Gasteiger partial charge < -0.3 is 15.1 Å². The van der Waals surface area contributed by atoms with E-state index < -0.39 is 27.9 Å². The van der Waals surface area contributed by atoms with Crippen LogP contribution in [0.25, 0.3) is 0 Å². The van der Waals surface area contributed by atoms with Crippen LogP contribution < -0.4 is 15.4 Å². The van der Waals surface area contributed by atoms with Gasteiger partial charge in [0.1, 0.15) is 6.04 Å². The SMILES string of the molecule is CNS(=O)(=O)c1ccc(NC(=O)C(CCSC)NC(=O)c2ccco2)cc1. The van der Waals surface area contributed by atoms with E-state index in [-0.39, 0.29) is 10.7 Å². The Labute approximate surface area is 162 Å². The molecular weight excluding hydrogens is 390 g/mol. The molecule has 0 bridgehead atoms. The van der Waals surface area contributed by atoms with Crippen molar-refractivity contribution in [2.24, 2.45) is 0 Å². The standard InChI is InChI=1S/C17H21N3O5S2/c1-18-27(23,24)13-7-5-12(6-8-13)19-16(21)14(9-11-26-2)20-17(22)15-4-3-10-25-15/h3-8,10,14,18H,9,11H2,1-2H3,(H,19,21)(H,20,22). The molecule has 0 saturated carbocycles. The highest BCUT2D eigenvalue weighted by molar-refractivity contribution is 7.98. The first-order chi connectivity index (χ1) is 12.9. The monoisotopic (exact) mass is 411 g/mol. The molecule has 1 aromatic heterocycles. The van der Waals surface area contributed by atoms with E-state index in [0.717, 1.165) is 0 Å². The van der Waals surface area contributed by atoms with Gasteiger partial charge in [0.25, 0.3) is 5.91 Å². The van der Waals surface area contributed by atoms with E-state index in [0.29, 0.717) is 17.9 Å². The van der Waals surface area contributed by atoms with Crippen molar-refractivity contribution in [3.05, 3.63) is 48.4 Å². The van der Waals surface area contributed by atoms with Crippen molar-refractivity contribution in [2.75, 3.05) is 24.4 Å². The average molecular weight is 412 g/mol. The van der Waals surface area contributed by atoms with Crippen molar-refractivity contribution in [3.8, 4) is 0 Å². The molecule has 1 unspecified atom stereocenters. The van der Waals surface area contributed by atoms with E-state index >= 15 is 0 Å². The average Bonchev–Trinajstić information content (AvgIpc) is 3.20. The quantitative estimate of drug-likeness (QED) is 0.578. The zero-order valence-corrected chi connectivity index (χ0v) is 16.5. The number of thioether (sulfide) groups is 1. The van der Waals surface area contributed by atoms with Crippen LogP contribution in [-0.4, -0.2) is 45.3 Å². The van der Waals surface area contributed by atoms with Crippen molar-refractivity contribution in [1.82, 2.24) is 10.0 Å². The third-order valence-electron chi connectivity index (χ3n) is 3.68. The molecule has 0 saturated heterocycles. The van der Waals surface area contributed by atoms with E-state index in [4.69, 9.17) is 4.42 Å². The Morgan fingerprint density at radius 1 is 1.19 bits per heavy atom. The van der Waals surface area contributed by atoms with Crippen molar-refractivity contribution < 1.29 is 22.4 Å². The fraction of sp³-hybridized carbons (Fsp3) is 0.294. The van der Waals surface area contributed by atoms with Crippen LogP contribution in [-0.2, 0) is 14.8 Å². The third kappa shape index (κ3) is 5.84. The Balaban J connectivity index is 2.07. The van der Waals surface area contributed by atoms with Gasteiger partial charge in [-0.1, -0.05) is 0 Å². The molecule has 8 nitrogen and oxygen atoms in total. The lowest BCUT2D eigenvalue weighted by atomic mass is 10.2. The summed E-state index contributed by atoms with van der Waals surface area (Å²) >= 11 is 1.56. The Morgan fingerprint density at radius 2 is 1.89 bits per heavy atom. The number of rotatable bonds is 9. The zero-order chi connectivity index (χ0) is 19.9. The Kier molecular flexibility index (Phi) is 7.45. The molecule has 0 radical (unpaired) electrons. The van der Waals surface area contributed by atoms with Crippen LogP contribution in [0.5, 0.6) is 0 Å². The van der Waals surface area contributed by atoms with E-state index in [9.17, 15) is 18.0 Å². The Hall–Kier alpha value is -2.30. The van der Waals surface area contributed by atoms with Crippen LogP contribution in [0, 0.1) is 0 Å². The molecule has 1 heterocycles. The van der Waals surface area contributed by atoms with Crippen LogP contribution in [0.2, 0.25) is 0 Å². The number of carbonyl (C=O) groups excluding carboxylic acids is 2. The second-order valence-electron chi connectivity index (χ2n) is 5.51. The van der Waals surface area contributed by atoms with Gasteiger partial charge in [-0.05, 0) is 61.9 Å². The van der Waals surface area contributed by atoms with Crippen LogP contribution in [0.3, 0.4) is 0 Å². The molecule has 0 aliphatic heterocycles. The molecule has 3 N–H and O–H groups in total. The molecule has 2 aromatic rings. The molecule has 27 heavy (non-hydrogen) atoms. The van der Waals surface area contributed by atoms with Crippen LogP contribution in [0.1, 0.15) is 17.0 Å². The van der Waals surface area contributed by atoms with Gasteiger partial charge in [-0.25, -0.2) is 13.1 Å². The summed E-state index contributed by atoms with van der Waals surface area (Å²) in [6.07, 6.45) is 3.72. The number of benzene rings is 1. The van der Waals surface area contributed by atoms with E-state index in [1.165, 1.54) is 43.6 Å². The topological polar surface area (TPSA) is 118 Å². The van der Waals surface area contributed by atoms with Crippen molar-refractivity contribution in [1.29, 1.82) is 0 Å². The normalized spacial score (nSPS) is 12.4. The van der Waals surface area contributed by atoms with Gasteiger partial charge in [0, 0.05) is 5.69 Å². The predicted molar refractivity (Wildman–Crippen MR) is 104 cm³/mol. The Bertz CT molecular complexity index is 864. The minimum Gasteiger partial charge on any atom is -0.459 e. The molecule has 2 amide bonds. The van der Waals surface area contributed by atoms with Gasteiger partial charge in [0.15, 0.2) is 5.76 Å². The first-order valence-corrected chi connectivity index (χ1v) is 10.9. The molecular formula is C17H21N3O5S2. The summed E-state index contributed by atoms with van der Waals surface area (Å²) in [5, 5.41) is 5.34. The van der Waals surface area contributed by atoms with Gasteiger partial charge in [0.2, 0.25) is 15.9 Å². The molecule has 1 aromatic carbocycles. The summed E-state index contributed by atoms with van der Waals surface area (Å²) in [6.45, 7) is 0. The van der Waals surface area contributed by atoms with Crippen molar-refractivity contribution >= 4 is 39.3 Å². The summed E-state index contributed by atoms with van der Waals surface area (Å²) in [5.74, 6) is -0.0703. The molecule has 146 valence electrons. The van der Waals surface area contributed by atoms with Crippen LogP contribution in [0.15, 0.2) is 52.0 Å². The molecule has 2 rings (SSSR count).